The minimum Gasteiger partial charge on any atom is -0.464 e. The predicted octanol–water partition coefficient (Wildman–Crippen LogP) is 1.08. The van der Waals surface area contributed by atoms with Crippen LogP contribution in [0.25, 0.3) is 0 Å². The Hall–Kier alpha value is -0.510. The highest BCUT2D eigenvalue weighted by molar-refractivity contribution is 8.12. The second-order valence-electron chi connectivity index (χ2n) is 2.29. The predicted molar refractivity (Wildman–Crippen MR) is 46.0 cm³/mol. The minimum absolute atomic E-state index is 0.207. The van der Waals surface area contributed by atoms with Crippen LogP contribution in [0.2, 0.25) is 0 Å². The lowest BCUT2D eigenvalue weighted by molar-refractivity contribution is -0.144. The van der Waals surface area contributed by atoms with Crippen LogP contribution in [-0.2, 0) is 9.53 Å². The third-order valence-electron chi connectivity index (χ3n) is 1.47. The number of aliphatic imine (C=N–C) groups is 1. The monoisotopic (exact) mass is 173 g/mol. The van der Waals surface area contributed by atoms with Crippen LogP contribution >= 0.6 is 11.8 Å². The van der Waals surface area contributed by atoms with Gasteiger partial charge in [0.1, 0.15) is 0 Å². The average molecular weight is 173 g/mol. The Morgan fingerprint density at radius 1 is 1.82 bits per heavy atom. The summed E-state index contributed by atoms with van der Waals surface area (Å²) in [5, 5.41) is 0.231. The van der Waals surface area contributed by atoms with Crippen LogP contribution in [0.1, 0.15) is 13.8 Å². The molecule has 1 aliphatic heterocycles. The van der Waals surface area contributed by atoms with Gasteiger partial charge in [0.2, 0.25) is 0 Å². The molecule has 0 aromatic heterocycles. The first kappa shape index (κ1) is 8.59. The van der Waals surface area contributed by atoms with Crippen LogP contribution in [0.15, 0.2) is 4.99 Å². The quantitative estimate of drug-likeness (QED) is 0.586. The van der Waals surface area contributed by atoms with E-state index in [0.29, 0.717) is 6.61 Å². The van der Waals surface area contributed by atoms with Gasteiger partial charge in [-0.1, -0.05) is 6.92 Å². The lowest BCUT2D eigenvalue weighted by Gasteiger charge is -2.10. The number of esters is 1. The topological polar surface area (TPSA) is 38.7 Å². The molecule has 0 radical (unpaired) electrons. The van der Waals surface area contributed by atoms with Gasteiger partial charge in [0, 0.05) is 5.25 Å². The molecule has 0 aliphatic carbocycles. The lowest BCUT2D eigenvalue weighted by Crippen LogP contribution is -2.27. The SMILES string of the molecule is CCOC(=O)C1N=CSC1C. The van der Waals surface area contributed by atoms with Gasteiger partial charge < -0.3 is 4.74 Å². The third kappa shape index (κ3) is 1.96. The van der Waals surface area contributed by atoms with E-state index in [2.05, 4.69) is 4.99 Å². The molecule has 0 saturated carbocycles. The van der Waals surface area contributed by atoms with E-state index >= 15 is 0 Å². The molecule has 0 N–H and O–H groups in total. The Bertz CT molecular complexity index is 181. The smallest absolute Gasteiger partial charge is 0.332 e. The number of nitrogens with zero attached hydrogens (tertiary/aromatic N) is 1. The van der Waals surface area contributed by atoms with E-state index in [1.165, 1.54) is 0 Å². The first-order valence-corrected chi connectivity index (χ1v) is 4.53. The van der Waals surface area contributed by atoms with E-state index < -0.39 is 0 Å². The molecule has 0 amide bonds. The molecule has 0 aromatic carbocycles. The van der Waals surface area contributed by atoms with Crippen molar-refractivity contribution in [1.82, 2.24) is 0 Å². The van der Waals surface area contributed by atoms with Crippen molar-refractivity contribution < 1.29 is 9.53 Å². The van der Waals surface area contributed by atoms with Gasteiger partial charge in [-0.2, -0.15) is 0 Å². The highest BCUT2D eigenvalue weighted by Crippen LogP contribution is 2.21. The standard InChI is InChI=1S/C7H11NO2S/c1-3-10-7(9)6-5(2)11-4-8-6/h4-6H,3H2,1-2H3. The maximum absolute atomic E-state index is 11.1. The van der Waals surface area contributed by atoms with Gasteiger partial charge in [-0.15, -0.1) is 11.8 Å². The fraction of sp³-hybridized carbons (Fsp3) is 0.714. The van der Waals surface area contributed by atoms with Crippen molar-refractivity contribution in [3.63, 3.8) is 0 Å². The number of thioether (sulfide) groups is 1. The van der Waals surface area contributed by atoms with Gasteiger partial charge in [-0.25, -0.2) is 4.79 Å². The molecule has 0 bridgehead atoms. The molecule has 11 heavy (non-hydrogen) atoms. The van der Waals surface area contributed by atoms with Crippen molar-refractivity contribution >= 4 is 23.3 Å². The molecule has 0 fully saturated rings. The summed E-state index contributed by atoms with van der Waals surface area (Å²) >= 11 is 1.57. The zero-order valence-electron chi connectivity index (χ0n) is 6.61. The average Bonchev–Trinajstić information content (AvgIpc) is 2.36. The molecule has 1 rings (SSSR count). The summed E-state index contributed by atoms with van der Waals surface area (Å²) in [7, 11) is 0. The molecule has 0 saturated heterocycles. The van der Waals surface area contributed by atoms with Crippen LogP contribution in [0, 0.1) is 0 Å². The van der Waals surface area contributed by atoms with Crippen LogP contribution < -0.4 is 0 Å². The van der Waals surface area contributed by atoms with E-state index in [0.717, 1.165) is 0 Å². The van der Waals surface area contributed by atoms with Crippen molar-refractivity contribution in [3.05, 3.63) is 0 Å². The van der Waals surface area contributed by atoms with Crippen molar-refractivity contribution in [2.75, 3.05) is 6.61 Å². The van der Waals surface area contributed by atoms with Gasteiger partial charge in [0.15, 0.2) is 6.04 Å². The molecule has 2 unspecified atom stereocenters. The van der Waals surface area contributed by atoms with Crippen molar-refractivity contribution in [2.24, 2.45) is 4.99 Å². The zero-order valence-corrected chi connectivity index (χ0v) is 7.43. The van der Waals surface area contributed by atoms with Crippen LogP contribution in [0.3, 0.4) is 0 Å². The Balaban J connectivity index is 2.46. The Morgan fingerprint density at radius 3 is 3.00 bits per heavy atom. The highest BCUT2D eigenvalue weighted by atomic mass is 32.2. The summed E-state index contributed by atoms with van der Waals surface area (Å²) in [6.07, 6.45) is 0. The number of hydrogen-bond acceptors (Lipinski definition) is 4. The molecule has 62 valence electrons. The Labute approximate surface area is 70.2 Å². The van der Waals surface area contributed by atoms with Crippen molar-refractivity contribution in [3.8, 4) is 0 Å². The Morgan fingerprint density at radius 2 is 2.55 bits per heavy atom. The summed E-state index contributed by atoms with van der Waals surface area (Å²) in [4.78, 5) is 15.1. The Kier molecular flexibility index (Phi) is 2.93. The number of carbonyl (C=O) groups excluding carboxylic acids is 1. The molecule has 0 aromatic rings. The van der Waals surface area contributed by atoms with Gasteiger partial charge in [-0.05, 0) is 6.92 Å². The summed E-state index contributed by atoms with van der Waals surface area (Å²) < 4.78 is 4.83. The summed E-state index contributed by atoms with van der Waals surface area (Å²) in [5.41, 5.74) is 1.71. The third-order valence-corrected chi connectivity index (χ3v) is 2.40. The summed E-state index contributed by atoms with van der Waals surface area (Å²) in [6, 6.07) is -0.278. The molecular weight excluding hydrogens is 162 g/mol. The highest BCUT2D eigenvalue weighted by Gasteiger charge is 2.28. The molecule has 2 atom stereocenters. The van der Waals surface area contributed by atoms with E-state index in [1.807, 2.05) is 6.92 Å². The number of rotatable bonds is 2. The summed E-state index contributed by atoms with van der Waals surface area (Å²) in [5.74, 6) is -0.207. The van der Waals surface area contributed by atoms with Crippen molar-refractivity contribution in [1.29, 1.82) is 0 Å². The second-order valence-corrected chi connectivity index (χ2v) is 3.52. The van der Waals surface area contributed by atoms with Gasteiger partial charge in [-0.3, -0.25) is 4.99 Å². The van der Waals surface area contributed by atoms with Crippen LogP contribution in [0.5, 0.6) is 0 Å². The maximum atomic E-state index is 11.1. The zero-order chi connectivity index (χ0) is 8.27. The van der Waals surface area contributed by atoms with Gasteiger partial charge in [0.05, 0.1) is 12.2 Å². The number of carbonyl (C=O) groups is 1. The lowest BCUT2D eigenvalue weighted by atomic mass is 10.2. The number of ether oxygens (including phenoxy) is 1. The van der Waals surface area contributed by atoms with Crippen molar-refractivity contribution in [2.45, 2.75) is 25.1 Å². The first-order chi connectivity index (χ1) is 5.25. The normalized spacial score (nSPS) is 28.9. The second kappa shape index (κ2) is 3.76. The molecular formula is C7H11NO2S. The molecule has 3 nitrogen and oxygen atoms in total. The molecule has 1 heterocycles. The molecule has 1 aliphatic rings. The van der Waals surface area contributed by atoms with Crippen LogP contribution in [0.4, 0.5) is 0 Å². The maximum Gasteiger partial charge on any atom is 0.332 e. The van der Waals surface area contributed by atoms with E-state index in [9.17, 15) is 4.79 Å². The largest absolute Gasteiger partial charge is 0.464 e. The fourth-order valence-electron chi connectivity index (χ4n) is 0.872. The van der Waals surface area contributed by atoms with Gasteiger partial charge in [0.25, 0.3) is 0 Å². The van der Waals surface area contributed by atoms with E-state index in [-0.39, 0.29) is 17.3 Å². The van der Waals surface area contributed by atoms with E-state index in [4.69, 9.17) is 4.74 Å². The molecule has 0 spiro atoms. The van der Waals surface area contributed by atoms with E-state index in [1.54, 1.807) is 24.2 Å². The first-order valence-electron chi connectivity index (χ1n) is 3.59. The fourth-order valence-corrected chi connectivity index (χ4v) is 1.60. The summed E-state index contributed by atoms with van der Waals surface area (Å²) in [6.45, 7) is 4.20. The minimum atomic E-state index is -0.278. The van der Waals surface area contributed by atoms with Gasteiger partial charge >= 0.3 is 5.97 Å². The molecule has 4 heteroatoms. The number of hydrogen-bond donors (Lipinski definition) is 0. The van der Waals surface area contributed by atoms with Crippen LogP contribution in [-0.4, -0.2) is 29.4 Å².